The largest absolute Gasteiger partial charge is 0.348 e. The number of thioether (sulfide) groups is 1. The first-order valence-corrected chi connectivity index (χ1v) is 9.92. The first-order valence-electron chi connectivity index (χ1n) is 8.94. The molecule has 0 aliphatic heterocycles. The van der Waals surface area contributed by atoms with E-state index in [1.54, 1.807) is 18.3 Å². The first-order chi connectivity index (χ1) is 14.0. The third-order valence-corrected chi connectivity index (χ3v) is 5.43. The van der Waals surface area contributed by atoms with Crippen molar-refractivity contribution >= 4 is 23.4 Å². The molecule has 3 aromatic rings. The molecule has 10 heteroatoms. The van der Waals surface area contributed by atoms with Crippen molar-refractivity contribution in [3.05, 3.63) is 70.4 Å². The second-order valence-electron chi connectivity index (χ2n) is 6.65. The molecule has 1 aromatic carbocycles. The van der Waals surface area contributed by atoms with Gasteiger partial charge in [0, 0.05) is 41.1 Å². The Labute approximate surface area is 171 Å². The summed E-state index contributed by atoms with van der Waals surface area (Å²) in [5.74, 6) is 1.40. The van der Waals surface area contributed by atoms with Crippen molar-refractivity contribution in [1.82, 2.24) is 25.1 Å². The quantitative estimate of drug-likeness (QED) is 0.343. The average Bonchev–Trinajstić information content (AvgIpc) is 3.25. The molecule has 9 nitrogen and oxygen atoms in total. The molecule has 0 saturated carbocycles. The van der Waals surface area contributed by atoms with Crippen molar-refractivity contribution in [2.45, 2.75) is 25.3 Å². The summed E-state index contributed by atoms with van der Waals surface area (Å²) >= 11 is 1.51. The van der Waals surface area contributed by atoms with Gasteiger partial charge in [-0.1, -0.05) is 19.9 Å². The van der Waals surface area contributed by atoms with Crippen LogP contribution in [0.25, 0.3) is 5.82 Å². The number of pyridine rings is 1. The summed E-state index contributed by atoms with van der Waals surface area (Å²) in [6.07, 6.45) is 4.55. The zero-order valence-corrected chi connectivity index (χ0v) is 16.8. The molecule has 0 atom stereocenters. The lowest BCUT2D eigenvalue weighted by Crippen LogP contribution is -2.24. The zero-order chi connectivity index (χ0) is 20.8. The van der Waals surface area contributed by atoms with Gasteiger partial charge in [0.1, 0.15) is 12.7 Å². The maximum absolute atomic E-state index is 12.9. The van der Waals surface area contributed by atoms with E-state index in [-0.39, 0.29) is 23.7 Å². The smallest absolute Gasteiger partial charge is 0.270 e. The Morgan fingerprint density at radius 2 is 2.17 bits per heavy atom. The van der Waals surface area contributed by atoms with E-state index in [0.29, 0.717) is 16.6 Å². The number of nitrogens with zero attached hydrogens (tertiary/aromatic N) is 5. The van der Waals surface area contributed by atoms with Gasteiger partial charge in [-0.25, -0.2) is 14.6 Å². The Bertz CT molecular complexity index is 1010. The van der Waals surface area contributed by atoms with Gasteiger partial charge in [0.15, 0.2) is 5.82 Å². The van der Waals surface area contributed by atoms with Crippen LogP contribution in [-0.2, 0) is 6.54 Å². The number of amides is 1. The van der Waals surface area contributed by atoms with Gasteiger partial charge in [-0.3, -0.25) is 14.9 Å². The lowest BCUT2D eigenvalue weighted by Gasteiger charge is -2.12. The highest BCUT2D eigenvalue weighted by atomic mass is 32.2. The van der Waals surface area contributed by atoms with Gasteiger partial charge in [0.2, 0.25) is 0 Å². The van der Waals surface area contributed by atoms with Gasteiger partial charge in [-0.05, 0) is 18.1 Å². The second-order valence-corrected chi connectivity index (χ2v) is 7.71. The van der Waals surface area contributed by atoms with E-state index < -0.39 is 4.92 Å². The van der Waals surface area contributed by atoms with Gasteiger partial charge >= 0.3 is 0 Å². The maximum atomic E-state index is 12.9. The van der Waals surface area contributed by atoms with E-state index in [9.17, 15) is 14.9 Å². The van der Waals surface area contributed by atoms with E-state index in [0.717, 1.165) is 11.3 Å². The number of non-ortho nitro benzene ring substituents is 1. The molecule has 0 fully saturated rings. The number of hydrogen-bond acceptors (Lipinski definition) is 7. The van der Waals surface area contributed by atoms with Crippen LogP contribution in [-0.4, -0.2) is 36.3 Å². The average molecular weight is 412 g/mol. The van der Waals surface area contributed by atoms with Gasteiger partial charge in [0.05, 0.1) is 10.5 Å². The van der Waals surface area contributed by atoms with Gasteiger partial charge < -0.3 is 5.32 Å². The van der Waals surface area contributed by atoms with Crippen LogP contribution in [0, 0.1) is 16.0 Å². The molecule has 0 unspecified atom stereocenters. The molecule has 1 N–H and O–H groups in total. The Balaban J connectivity index is 1.82. The third-order valence-electron chi connectivity index (χ3n) is 3.93. The summed E-state index contributed by atoms with van der Waals surface area (Å²) in [6, 6.07) is 7.96. The summed E-state index contributed by atoms with van der Waals surface area (Å²) in [5.41, 5.74) is 0.915. The molecule has 150 valence electrons. The number of carbonyl (C=O) groups is 1. The van der Waals surface area contributed by atoms with Gasteiger partial charge in [-0.2, -0.15) is 5.10 Å². The number of nitro groups is 1. The predicted octanol–water partition coefficient (Wildman–Crippen LogP) is 3.25. The van der Waals surface area contributed by atoms with Gasteiger partial charge in [-0.15, -0.1) is 11.8 Å². The van der Waals surface area contributed by atoms with Crippen molar-refractivity contribution in [1.29, 1.82) is 0 Å². The van der Waals surface area contributed by atoms with Crippen LogP contribution in [0.1, 0.15) is 29.8 Å². The molecule has 0 saturated heterocycles. The highest BCUT2D eigenvalue weighted by Gasteiger charge is 2.18. The summed E-state index contributed by atoms with van der Waals surface area (Å²) in [4.78, 5) is 32.4. The van der Waals surface area contributed by atoms with Crippen molar-refractivity contribution < 1.29 is 9.72 Å². The number of nitro benzene ring substituents is 1. The number of carbonyl (C=O) groups excluding carboxylic acids is 1. The number of rotatable bonds is 8. The molecule has 29 heavy (non-hydrogen) atoms. The minimum Gasteiger partial charge on any atom is -0.348 e. The topological polar surface area (TPSA) is 116 Å². The van der Waals surface area contributed by atoms with Crippen LogP contribution in [0.4, 0.5) is 5.69 Å². The summed E-state index contributed by atoms with van der Waals surface area (Å²) in [5, 5.41) is 18.1. The molecule has 0 radical (unpaired) electrons. The van der Waals surface area contributed by atoms with Crippen molar-refractivity contribution in [2.24, 2.45) is 5.92 Å². The van der Waals surface area contributed by atoms with Crippen LogP contribution in [0.2, 0.25) is 0 Å². The Kier molecular flexibility index (Phi) is 6.55. The lowest BCUT2D eigenvalue weighted by atomic mass is 10.1. The molecule has 0 aliphatic rings. The van der Waals surface area contributed by atoms with E-state index in [2.05, 4.69) is 34.2 Å². The lowest BCUT2D eigenvalue weighted by molar-refractivity contribution is -0.384. The monoisotopic (exact) mass is 412 g/mol. The SMILES string of the molecule is CC(C)CSc1ccc([N+](=O)[O-])cc1C(=O)NCc1cccnc1-n1cncn1. The Morgan fingerprint density at radius 3 is 2.86 bits per heavy atom. The Hall–Kier alpha value is -3.27. The molecule has 2 aromatic heterocycles. The van der Waals surface area contributed by atoms with Gasteiger partial charge in [0.25, 0.3) is 11.6 Å². The van der Waals surface area contributed by atoms with Crippen LogP contribution in [0.15, 0.2) is 54.1 Å². The van der Waals surface area contributed by atoms with Crippen molar-refractivity contribution in [3.8, 4) is 5.82 Å². The highest BCUT2D eigenvalue weighted by Crippen LogP contribution is 2.28. The standard InChI is InChI=1S/C19H20N6O3S/c1-13(2)10-29-17-6-5-15(25(27)28)8-16(17)19(26)22-9-14-4-3-7-21-18(14)24-12-20-11-23-24/h3-8,11-13H,9-10H2,1-2H3,(H,22,26). The van der Waals surface area contributed by atoms with Crippen molar-refractivity contribution in [2.75, 3.05) is 5.75 Å². The van der Waals surface area contributed by atoms with E-state index >= 15 is 0 Å². The molecule has 0 bridgehead atoms. The normalized spacial score (nSPS) is 10.9. The van der Waals surface area contributed by atoms with Crippen LogP contribution >= 0.6 is 11.8 Å². The summed E-state index contributed by atoms with van der Waals surface area (Å²) in [6.45, 7) is 4.34. The zero-order valence-electron chi connectivity index (χ0n) is 16.0. The molecule has 1 amide bonds. The van der Waals surface area contributed by atoms with Crippen molar-refractivity contribution in [3.63, 3.8) is 0 Å². The maximum Gasteiger partial charge on any atom is 0.270 e. The molecule has 0 aliphatic carbocycles. The highest BCUT2D eigenvalue weighted by molar-refractivity contribution is 7.99. The fourth-order valence-corrected chi connectivity index (χ4v) is 3.54. The fraction of sp³-hybridized carbons (Fsp3) is 0.263. The number of benzene rings is 1. The number of hydrogen-bond donors (Lipinski definition) is 1. The van der Waals surface area contributed by atoms with Crippen LogP contribution < -0.4 is 5.32 Å². The molecule has 0 spiro atoms. The number of nitrogens with one attached hydrogen (secondary N) is 1. The fourth-order valence-electron chi connectivity index (χ4n) is 2.55. The van der Waals surface area contributed by atoms with Crippen LogP contribution in [0.3, 0.4) is 0 Å². The minimum atomic E-state index is -0.502. The predicted molar refractivity (Wildman–Crippen MR) is 109 cm³/mol. The second kappa shape index (κ2) is 9.28. The molecular formula is C19H20N6O3S. The van der Waals surface area contributed by atoms with E-state index in [4.69, 9.17) is 0 Å². The molecule has 2 heterocycles. The summed E-state index contributed by atoms with van der Waals surface area (Å²) < 4.78 is 1.51. The molecule has 3 rings (SSSR count). The van der Waals surface area contributed by atoms with E-state index in [1.165, 1.54) is 41.2 Å². The number of aromatic nitrogens is 4. The van der Waals surface area contributed by atoms with Crippen LogP contribution in [0.5, 0.6) is 0 Å². The first kappa shape index (κ1) is 20.5. The molecular weight excluding hydrogens is 392 g/mol. The third kappa shape index (κ3) is 5.17. The van der Waals surface area contributed by atoms with E-state index in [1.807, 2.05) is 6.07 Å². The summed E-state index contributed by atoms with van der Waals surface area (Å²) in [7, 11) is 0. The Morgan fingerprint density at radius 1 is 1.34 bits per heavy atom. The minimum absolute atomic E-state index is 0.117.